The van der Waals surface area contributed by atoms with Crippen LogP contribution >= 0.6 is 0 Å². The van der Waals surface area contributed by atoms with Crippen molar-refractivity contribution in [2.75, 3.05) is 11.9 Å². The van der Waals surface area contributed by atoms with Crippen molar-refractivity contribution in [3.8, 4) is 17.0 Å². The van der Waals surface area contributed by atoms with E-state index in [2.05, 4.69) is 36.3 Å². The fraction of sp³-hybridized carbons (Fsp3) is 0.412. The highest BCUT2D eigenvalue weighted by Crippen LogP contribution is 2.33. The van der Waals surface area contributed by atoms with E-state index in [4.69, 9.17) is 4.74 Å². The van der Waals surface area contributed by atoms with E-state index in [1.165, 1.54) is 0 Å². The lowest BCUT2D eigenvalue weighted by atomic mass is 10.0. The molecule has 0 unspecified atom stereocenters. The van der Waals surface area contributed by atoms with Gasteiger partial charge in [-0.25, -0.2) is 0 Å². The number of ether oxygens (including phenoxy) is 1. The van der Waals surface area contributed by atoms with Gasteiger partial charge in [-0.1, -0.05) is 12.1 Å². The molecule has 21 heavy (non-hydrogen) atoms. The van der Waals surface area contributed by atoms with E-state index in [9.17, 15) is 0 Å². The van der Waals surface area contributed by atoms with Gasteiger partial charge in [0.1, 0.15) is 5.75 Å². The molecule has 0 radical (unpaired) electrons. The van der Waals surface area contributed by atoms with Gasteiger partial charge in [0.05, 0.1) is 11.8 Å². The summed E-state index contributed by atoms with van der Waals surface area (Å²) in [5.74, 6) is 1.70. The van der Waals surface area contributed by atoms with Crippen LogP contribution in [0.15, 0.2) is 24.3 Å². The zero-order valence-corrected chi connectivity index (χ0v) is 13.4. The van der Waals surface area contributed by atoms with Gasteiger partial charge in [0.2, 0.25) is 0 Å². The predicted octanol–water partition coefficient (Wildman–Crippen LogP) is 3.98. The van der Waals surface area contributed by atoms with Gasteiger partial charge >= 0.3 is 0 Å². The summed E-state index contributed by atoms with van der Waals surface area (Å²) in [4.78, 5) is 0. The molecule has 2 rings (SSSR count). The van der Waals surface area contributed by atoms with Gasteiger partial charge in [0.25, 0.3) is 0 Å². The van der Waals surface area contributed by atoms with Crippen LogP contribution < -0.4 is 10.1 Å². The Balaban J connectivity index is 2.50. The number of hydrogen-bond donors (Lipinski definition) is 1. The third-order valence-electron chi connectivity index (χ3n) is 3.37. The average molecular weight is 285 g/mol. The third-order valence-corrected chi connectivity index (χ3v) is 3.37. The van der Waals surface area contributed by atoms with E-state index < -0.39 is 0 Å². The lowest BCUT2D eigenvalue weighted by Gasteiger charge is -2.16. The van der Waals surface area contributed by atoms with Crippen molar-refractivity contribution in [2.45, 2.75) is 40.7 Å². The van der Waals surface area contributed by atoms with Gasteiger partial charge in [-0.05, 0) is 57.9 Å². The molecular formula is C17H23N3O. The minimum absolute atomic E-state index is 0.126. The highest BCUT2D eigenvalue weighted by Gasteiger charge is 2.15. The van der Waals surface area contributed by atoms with E-state index in [0.717, 1.165) is 40.5 Å². The summed E-state index contributed by atoms with van der Waals surface area (Å²) < 4.78 is 5.89. The zero-order chi connectivity index (χ0) is 15.4. The lowest BCUT2D eigenvalue weighted by Crippen LogP contribution is -2.09. The average Bonchev–Trinajstić information content (AvgIpc) is 2.45. The summed E-state index contributed by atoms with van der Waals surface area (Å²) in [5, 5.41) is 11.9. The number of nitrogens with zero attached hydrogens (tertiary/aromatic N) is 2. The number of aromatic nitrogens is 2. The van der Waals surface area contributed by atoms with E-state index >= 15 is 0 Å². The first-order valence-electron chi connectivity index (χ1n) is 7.38. The molecule has 1 heterocycles. The van der Waals surface area contributed by atoms with Crippen molar-refractivity contribution >= 4 is 5.82 Å². The molecule has 1 aromatic heterocycles. The molecular weight excluding hydrogens is 262 g/mol. The summed E-state index contributed by atoms with van der Waals surface area (Å²) in [6, 6.07) is 7.98. The standard InChI is InChI=1S/C17H23N3O/c1-6-18-17-13(5)12(4)16(19-20-17)14-9-7-8-10-15(14)21-11(2)3/h7-11H,6H2,1-5H3,(H,18,20). The number of anilines is 1. The first-order valence-corrected chi connectivity index (χ1v) is 7.38. The largest absolute Gasteiger partial charge is 0.490 e. The minimum atomic E-state index is 0.126. The van der Waals surface area contributed by atoms with E-state index in [1.54, 1.807) is 0 Å². The van der Waals surface area contributed by atoms with Crippen LogP contribution in [-0.2, 0) is 0 Å². The van der Waals surface area contributed by atoms with Crippen molar-refractivity contribution in [3.63, 3.8) is 0 Å². The van der Waals surface area contributed by atoms with Crippen LogP contribution in [0.2, 0.25) is 0 Å². The van der Waals surface area contributed by atoms with E-state index in [1.807, 2.05) is 38.1 Å². The molecule has 0 spiro atoms. The second-order valence-electron chi connectivity index (χ2n) is 5.34. The Kier molecular flexibility index (Phi) is 4.78. The fourth-order valence-corrected chi connectivity index (χ4v) is 2.22. The molecule has 0 saturated carbocycles. The quantitative estimate of drug-likeness (QED) is 0.902. The Morgan fingerprint density at radius 1 is 1.10 bits per heavy atom. The van der Waals surface area contributed by atoms with Gasteiger partial charge < -0.3 is 10.1 Å². The molecule has 4 nitrogen and oxygen atoms in total. The Morgan fingerprint density at radius 2 is 1.81 bits per heavy atom. The molecule has 0 atom stereocenters. The number of rotatable bonds is 5. The number of nitrogens with one attached hydrogen (secondary N) is 1. The molecule has 112 valence electrons. The summed E-state index contributed by atoms with van der Waals surface area (Å²) in [7, 11) is 0. The Bertz CT molecular complexity index is 623. The van der Waals surface area contributed by atoms with Crippen molar-refractivity contribution in [1.82, 2.24) is 10.2 Å². The molecule has 1 aromatic carbocycles. The van der Waals surface area contributed by atoms with Crippen LogP contribution in [0.25, 0.3) is 11.3 Å². The summed E-state index contributed by atoms with van der Waals surface area (Å²) in [5.41, 5.74) is 4.12. The maximum absolute atomic E-state index is 5.89. The fourth-order valence-electron chi connectivity index (χ4n) is 2.22. The van der Waals surface area contributed by atoms with Gasteiger partial charge in [-0.15, -0.1) is 10.2 Å². The second-order valence-corrected chi connectivity index (χ2v) is 5.34. The molecule has 0 amide bonds. The Morgan fingerprint density at radius 3 is 2.48 bits per heavy atom. The maximum Gasteiger partial charge on any atom is 0.151 e. The highest BCUT2D eigenvalue weighted by atomic mass is 16.5. The van der Waals surface area contributed by atoms with Crippen LogP contribution in [0.4, 0.5) is 5.82 Å². The molecule has 1 N–H and O–H groups in total. The first kappa shape index (κ1) is 15.3. The van der Waals surface area contributed by atoms with Crippen LogP contribution in [0.5, 0.6) is 5.75 Å². The molecule has 0 aliphatic heterocycles. The van der Waals surface area contributed by atoms with Gasteiger partial charge in [-0.3, -0.25) is 0 Å². The van der Waals surface area contributed by atoms with Crippen molar-refractivity contribution in [1.29, 1.82) is 0 Å². The number of benzene rings is 1. The predicted molar refractivity (Wildman–Crippen MR) is 86.9 cm³/mol. The minimum Gasteiger partial charge on any atom is -0.490 e. The zero-order valence-electron chi connectivity index (χ0n) is 13.4. The summed E-state index contributed by atoms with van der Waals surface area (Å²) >= 11 is 0. The SMILES string of the molecule is CCNc1nnc(-c2ccccc2OC(C)C)c(C)c1C. The van der Waals surface area contributed by atoms with Gasteiger partial charge in [-0.2, -0.15) is 0 Å². The third kappa shape index (κ3) is 3.32. The van der Waals surface area contributed by atoms with Crippen molar-refractivity contribution < 1.29 is 4.74 Å². The van der Waals surface area contributed by atoms with E-state index in [0.29, 0.717) is 0 Å². The molecule has 2 aromatic rings. The number of para-hydroxylation sites is 1. The van der Waals surface area contributed by atoms with Crippen LogP contribution in [0, 0.1) is 13.8 Å². The van der Waals surface area contributed by atoms with Crippen molar-refractivity contribution in [2.24, 2.45) is 0 Å². The lowest BCUT2D eigenvalue weighted by molar-refractivity contribution is 0.243. The highest BCUT2D eigenvalue weighted by molar-refractivity contribution is 5.72. The molecule has 0 bridgehead atoms. The number of hydrogen-bond acceptors (Lipinski definition) is 4. The normalized spacial score (nSPS) is 10.8. The summed E-state index contributed by atoms with van der Waals surface area (Å²) in [6.45, 7) is 11.1. The first-order chi connectivity index (χ1) is 10.0. The molecule has 0 aliphatic carbocycles. The molecule has 4 heteroatoms. The molecule has 0 aliphatic rings. The maximum atomic E-state index is 5.89. The topological polar surface area (TPSA) is 47.0 Å². The van der Waals surface area contributed by atoms with Gasteiger partial charge in [0, 0.05) is 12.1 Å². The molecule has 0 fully saturated rings. The van der Waals surface area contributed by atoms with E-state index in [-0.39, 0.29) is 6.10 Å². The molecule has 0 saturated heterocycles. The monoisotopic (exact) mass is 285 g/mol. The summed E-state index contributed by atoms with van der Waals surface area (Å²) in [6.07, 6.45) is 0.126. The Labute approximate surface area is 126 Å². The smallest absolute Gasteiger partial charge is 0.151 e. The van der Waals surface area contributed by atoms with Crippen LogP contribution in [-0.4, -0.2) is 22.8 Å². The second kappa shape index (κ2) is 6.57. The van der Waals surface area contributed by atoms with Crippen molar-refractivity contribution in [3.05, 3.63) is 35.4 Å². The van der Waals surface area contributed by atoms with Gasteiger partial charge in [0.15, 0.2) is 5.82 Å². The van der Waals surface area contributed by atoms with Crippen LogP contribution in [0.3, 0.4) is 0 Å². The Hall–Kier alpha value is -2.10. The van der Waals surface area contributed by atoms with Crippen LogP contribution in [0.1, 0.15) is 31.9 Å².